The fourth-order valence-electron chi connectivity index (χ4n) is 4.39. The summed E-state index contributed by atoms with van der Waals surface area (Å²) < 4.78 is 48.7. The molecule has 3 N–H and O–H groups in total. The molecule has 10 heteroatoms. The lowest BCUT2D eigenvalue weighted by Gasteiger charge is -2.34. The van der Waals surface area contributed by atoms with Gasteiger partial charge in [-0.2, -0.15) is 8.42 Å². The molecular formula is C25H27FN4O4S. The number of amides is 1. The number of aryl methyl sites for hydroxylation is 1. The highest BCUT2D eigenvalue weighted by Gasteiger charge is 2.49. The Morgan fingerprint density at radius 1 is 1.20 bits per heavy atom. The maximum atomic E-state index is 14.7. The number of hydrogen-bond acceptors (Lipinski definition) is 7. The number of fused-ring (bicyclic) bond motifs is 1. The number of nitrogen functional groups attached to an aromatic ring is 1. The molecule has 1 aliphatic rings. The standard InChI is InChI=1S/C25H27FN4O4S/c1-4-34-21-11-6-9-19-18(21)15-30(14-17-16(2)8-5-10-20(17)26)25(19,3)24(31)29-35(32,33)23-13-7-12-22(27)28-23/h5-13H,4,14-15H2,1-3H3,(H2,27,28)(H,29,31). The molecule has 1 amide bonds. The molecule has 1 unspecified atom stereocenters. The minimum absolute atomic E-state index is 0.00996. The van der Waals surface area contributed by atoms with Crippen molar-refractivity contribution in [3.8, 4) is 5.75 Å². The van der Waals surface area contributed by atoms with Gasteiger partial charge in [-0.1, -0.05) is 30.3 Å². The highest BCUT2D eigenvalue weighted by atomic mass is 32.2. The lowest BCUT2D eigenvalue weighted by Crippen LogP contribution is -2.52. The van der Waals surface area contributed by atoms with Crippen LogP contribution in [-0.2, 0) is 33.4 Å². The lowest BCUT2D eigenvalue weighted by atomic mass is 9.90. The Kier molecular flexibility index (Phi) is 6.52. The summed E-state index contributed by atoms with van der Waals surface area (Å²) in [5, 5.41) is -0.368. The number of benzene rings is 2. The number of ether oxygens (including phenoxy) is 1. The molecule has 4 rings (SSSR count). The summed E-state index contributed by atoms with van der Waals surface area (Å²) in [6.45, 7) is 6.04. The number of carbonyl (C=O) groups excluding carboxylic acids is 1. The summed E-state index contributed by atoms with van der Waals surface area (Å²) in [4.78, 5) is 19.3. The van der Waals surface area contributed by atoms with Crippen LogP contribution in [0.15, 0.2) is 59.6 Å². The van der Waals surface area contributed by atoms with Gasteiger partial charge in [-0.25, -0.2) is 14.1 Å². The van der Waals surface area contributed by atoms with Gasteiger partial charge in [0.05, 0.1) is 6.61 Å². The summed E-state index contributed by atoms with van der Waals surface area (Å²) in [5.74, 6) is -0.582. The molecular weight excluding hydrogens is 471 g/mol. The van der Waals surface area contributed by atoms with Crippen molar-refractivity contribution in [1.29, 1.82) is 0 Å². The van der Waals surface area contributed by atoms with Gasteiger partial charge in [0, 0.05) is 24.2 Å². The fourth-order valence-corrected chi connectivity index (χ4v) is 5.42. The highest BCUT2D eigenvalue weighted by molar-refractivity contribution is 7.90. The van der Waals surface area contributed by atoms with Crippen molar-refractivity contribution >= 4 is 21.7 Å². The van der Waals surface area contributed by atoms with Crippen molar-refractivity contribution in [3.63, 3.8) is 0 Å². The first kappa shape index (κ1) is 24.6. The number of halogens is 1. The summed E-state index contributed by atoms with van der Waals surface area (Å²) in [5.41, 5.74) is 6.69. The molecule has 0 saturated heterocycles. The minimum Gasteiger partial charge on any atom is -0.494 e. The van der Waals surface area contributed by atoms with Crippen LogP contribution in [0.4, 0.5) is 10.2 Å². The molecule has 0 bridgehead atoms. The van der Waals surface area contributed by atoms with Gasteiger partial charge in [0.15, 0.2) is 5.03 Å². The second-order valence-electron chi connectivity index (χ2n) is 8.51. The van der Waals surface area contributed by atoms with Crippen molar-refractivity contribution in [3.05, 3.63) is 82.7 Å². The van der Waals surface area contributed by atoms with E-state index in [1.807, 2.05) is 6.92 Å². The predicted molar refractivity (Wildman–Crippen MR) is 129 cm³/mol. The minimum atomic E-state index is -4.32. The van der Waals surface area contributed by atoms with Gasteiger partial charge in [-0.15, -0.1) is 0 Å². The number of nitrogens with one attached hydrogen (secondary N) is 1. The van der Waals surface area contributed by atoms with Crippen LogP contribution >= 0.6 is 0 Å². The molecule has 3 aromatic rings. The number of hydrogen-bond donors (Lipinski definition) is 2. The number of rotatable bonds is 7. The predicted octanol–water partition coefficient (Wildman–Crippen LogP) is 3.25. The van der Waals surface area contributed by atoms with Crippen molar-refractivity contribution in [2.75, 3.05) is 12.3 Å². The van der Waals surface area contributed by atoms with Crippen LogP contribution in [-0.4, -0.2) is 30.8 Å². The van der Waals surface area contributed by atoms with E-state index in [0.29, 0.717) is 23.5 Å². The summed E-state index contributed by atoms with van der Waals surface area (Å²) in [6, 6.07) is 14.2. The molecule has 1 atom stereocenters. The third-order valence-corrected chi connectivity index (χ3v) is 7.56. The van der Waals surface area contributed by atoms with E-state index >= 15 is 0 Å². The zero-order valence-corrected chi connectivity index (χ0v) is 20.5. The van der Waals surface area contributed by atoms with Crippen molar-refractivity contribution in [2.45, 2.75) is 44.4 Å². The topological polar surface area (TPSA) is 115 Å². The fraction of sp³-hybridized carbons (Fsp3) is 0.280. The van der Waals surface area contributed by atoms with E-state index in [9.17, 15) is 17.6 Å². The molecule has 0 spiro atoms. The zero-order valence-electron chi connectivity index (χ0n) is 19.7. The first-order valence-electron chi connectivity index (χ1n) is 11.1. The first-order chi connectivity index (χ1) is 16.6. The Morgan fingerprint density at radius 2 is 1.91 bits per heavy atom. The van der Waals surface area contributed by atoms with Gasteiger partial charge in [-0.05, 0) is 56.2 Å². The number of sulfonamides is 1. The van der Waals surface area contributed by atoms with Crippen LogP contribution in [0.25, 0.3) is 0 Å². The van der Waals surface area contributed by atoms with E-state index in [-0.39, 0.29) is 23.9 Å². The van der Waals surface area contributed by atoms with Gasteiger partial charge in [0.2, 0.25) is 0 Å². The second kappa shape index (κ2) is 9.27. The van der Waals surface area contributed by atoms with Gasteiger partial charge in [0.25, 0.3) is 15.9 Å². The number of carbonyl (C=O) groups is 1. The molecule has 0 fully saturated rings. The lowest BCUT2D eigenvalue weighted by molar-refractivity contribution is -0.131. The van der Waals surface area contributed by atoms with E-state index in [1.54, 1.807) is 49.1 Å². The van der Waals surface area contributed by atoms with Crippen LogP contribution in [0.2, 0.25) is 0 Å². The second-order valence-corrected chi connectivity index (χ2v) is 10.1. The number of pyridine rings is 1. The van der Waals surface area contributed by atoms with Crippen LogP contribution in [0.5, 0.6) is 5.75 Å². The van der Waals surface area contributed by atoms with Crippen LogP contribution < -0.4 is 15.2 Å². The molecule has 0 radical (unpaired) electrons. The van der Waals surface area contributed by atoms with E-state index in [0.717, 1.165) is 11.1 Å². The highest BCUT2D eigenvalue weighted by Crippen LogP contribution is 2.44. The molecule has 35 heavy (non-hydrogen) atoms. The molecule has 184 valence electrons. The SMILES string of the molecule is CCOc1cccc2c1CN(Cc1c(C)cccc1F)C2(C)C(=O)NS(=O)(=O)c1cccc(N)n1. The van der Waals surface area contributed by atoms with Crippen molar-refractivity contribution in [2.24, 2.45) is 0 Å². The maximum absolute atomic E-state index is 14.7. The summed E-state index contributed by atoms with van der Waals surface area (Å²) >= 11 is 0. The van der Waals surface area contributed by atoms with E-state index in [1.165, 1.54) is 24.3 Å². The molecule has 0 saturated carbocycles. The summed E-state index contributed by atoms with van der Waals surface area (Å²) in [7, 11) is -4.32. The molecule has 1 aliphatic heterocycles. The number of nitrogens with two attached hydrogens (primary N) is 1. The number of anilines is 1. The van der Waals surface area contributed by atoms with Gasteiger partial charge >= 0.3 is 0 Å². The summed E-state index contributed by atoms with van der Waals surface area (Å²) in [6.07, 6.45) is 0. The van der Waals surface area contributed by atoms with Crippen LogP contribution in [0, 0.1) is 12.7 Å². The Bertz CT molecular complexity index is 1380. The Morgan fingerprint density at radius 3 is 2.60 bits per heavy atom. The molecule has 2 aromatic carbocycles. The van der Waals surface area contributed by atoms with Gasteiger partial charge in [-0.3, -0.25) is 9.69 Å². The van der Waals surface area contributed by atoms with E-state index < -0.39 is 27.3 Å². The van der Waals surface area contributed by atoms with Crippen LogP contribution in [0.1, 0.15) is 36.1 Å². The van der Waals surface area contributed by atoms with E-state index in [2.05, 4.69) is 9.71 Å². The molecule has 0 aliphatic carbocycles. The molecule has 1 aromatic heterocycles. The first-order valence-corrected chi connectivity index (χ1v) is 12.6. The number of aromatic nitrogens is 1. The Labute approximate surface area is 204 Å². The maximum Gasteiger partial charge on any atom is 0.281 e. The van der Waals surface area contributed by atoms with Crippen molar-refractivity contribution in [1.82, 2.24) is 14.6 Å². The third kappa shape index (κ3) is 4.46. The van der Waals surface area contributed by atoms with Crippen molar-refractivity contribution < 1.29 is 22.3 Å². The third-order valence-electron chi connectivity index (χ3n) is 6.33. The average molecular weight is 499 g/mol. The zero-order chi connectivity index (χ0) is 25.4. The van der Waals surface area contributed by atoms with Gasteiger partial charge in [0.1, 0.15) is 22.9 Å². The average Bonchev–Trinajstić information content (AvgIpc) is 3.10. The van der Waals surface area contributed by atoms with E-state index in [4.69, 9.17) is 10.5 Å². The monoisotopic (exact) mass is 498 g/mol. The largest absolute Gasteiger partial charge is 0.494 e. The Hall–Kier alpha value is -3.50. The number of nitrogens with zero attached hydrogens (tertiary/aromatic N) is 2. The normalized spacial score (nSPS) is 17.7. The van der Waals surface area contributed by atoms with Gasteiger partial charge < -0.3 is 10.5 Å². The molecule has 8 nitrogen and oxygen atoms in total. The molecule has 2 heterocycles. The smallest absolute Gasteiger partial charge is 0.281 e. The Balaban J connectivity index is 1.78. The van der Waals surface area contributed by atoms with Crippen LogP contribution in [0.3, 0.4) is 0 Å². The quantitative estimate of drug-likeness (QED) is 0.514.